The Labute approximate surface area is 127 Å². The Balaban J connectivity index is 2.12. The molecule has 0 fully saturated rings. The fourth-order valence-corrected chi connectivity index (χ4v) is 2.47. The van der Waals surface area contributed by atoms with Gasteiger partial charge < -0.3 is 14.5 Å². The van der Waals surface area contributed by atoms with Crippen LogP contribution in [0.2, 0.25) is 0 Å². The summed E-state index contributed by atoms with van der Waals surface area (Å²) < 4.78 is 11.0. The second-order valence-corrected chi connectivity index (χ2v) is 5.44. The zero-order valence-corrected chi connectivity index (χ0v) is 13.2. The van der Waals surface area contributed by atoms with E-state index in [1.165, 1.54) is 11.1 Å². The van der Waals surface area contributed by atoms with Gasteiger partial charge in [-0.1, -0.05) is 36.8 Å². The van der Waals surface area contributed by atoms with Crippen molar-refractivity contribution in [2.24, 2.45) is 0 Å². The van der Waals surface area contributed by atoms with Crippen molar-refractivity contribution in [3.8, 4) is 0 Å². The van der Waals surface area contributed by atoms with Crippen LogP contribution in [-0.4, -0.2) is 13.7 Å². The molecular weight excluding hydrogens is 262 g/mol. The number of rotatable bonds is 8. The predicted octanol–water partition coefficient (Wildman–Crippen LogP) is 4.02. The maximum atomic E-state index is 5.90. The van der Waals surface area contributed by atoms with E-state index in [1.807, 2.05) is 6.07 Å². The van der Waals surface area contributed by atoms with Crippen LogP contribution in [0.25, 0.3) is 0 Å². The van der Waals surface area contributed by atoms with Gasteiger partial charge >= 0.3 is 0 Å². The van der Waals surface area contributed by atoms with Crippen LogP contribution in [0.3, 0.4) is 0 Å². The van der Waals surface area contributed by atoms with Crippen molar-refractivity contribution < 1.29 is 9.15 Å². The molecule has 1 atom stereocenters. The van der Waals surface area contributed by atoms with Crippen LogP contribution in [-0.2, 0) is 17.8 Å². The van der Waals surface area contributed by atoms with E-state index in [0.29, 0.717) is 6.61 Å². The first-order chi connectivity index (χ1) is 10.2. The van der Waals surface area contributed by atoms with E-state index in [-0.39, 0.29) is 6.04 Å². The highest BCUT2D eigenvalue weighted by atomic mass is 16.5. The van der Waals surface area contributed by atoms with Gasteiger partial charge in [-0.3, -0.25) is 0 Å². The normalized spacial score (nSPS) is 12.5. The molecule has 0 aliphatic carbocycles. The van der Waals surface area contributed by atoms with Crippen molar-refractivity contribution in [2.45, 2.75) is 39.3 Å². The molecule has 0 saturated heterocycles. The predicted molar refractivity (Wildman–Crippen MR) is 85.3 cm³/mol. The van der Waals surface area contributed by atoms with Crippen LogP contribution in [0, 0.1) is 6.92 Å². The Hall–Kier alpha value is -1.58. The number of ether oxygens (including phenoxy) is 1. The highest BCUT2D eigenvalue weighted by Crippen LogP contribution is 2.22. The summed E-state index contributed by atoms with van der Waals surface area (Å²) in [4.78, 5) is 0. The second-order valence-electron chi connectivity index (χ2n) is 5.44. The summed E-state index contributed by atoms with van der Waals surface area (Å²) in [6, 6.07) is 12.9. The maximum Gasteiger partial charge on any atom is 0.129 e. The van der Waals surface area contributed by atoms with Crippen molar-refractivity contribution in [1.29, 1.82) is 0 Å². The minimum atomic E-state index is 0.206. The van der Waals surface area contributed by atoms with E-state index in [0.717, 1.165) is 30.9 Å². The standard InChI is InChI=1S/C18H25NO2/c1-4-10-19-17(12-15-7-5-6-14(2)11-15)18-9-8-16(21-18)13-20-3/h5-9,11,17,19H,4,10,12-13H2,1-3H3. The summed E-state index contributed by atoms with van der Waals surface area (Å²) in [5.74, 6) is 1.86. The van der Waals surface area contributed by atoms with Gasteiger partial charge in [-0.25, -0.2) is 0 Å². The van der Waals surface area contributed by atoms with Gasteiger partial charge in [0, 0.05) is 7.11 Å². The highest BCUT2D eigenvalue weighted by Gasteiger charge is 2.16. The van der Waals surface area contributed by atoms with Gasteiger partial charge in [0.25, 0.3) is 0 Å². The second kappa shape index (κ2) is 8.01. The lowest BCUT2D eigenvalue weighted by molar-refractivity contribution is 0.161. The van der Waals surface area contributed by atoms with Crippen molar-refractivity contribution >= 4 is 0 Å². The molecule has 0 bridgehead atoms. The Morgan fingerprint density at radius 1 is 1.24 bits per heavy atom. The van der Waals surface area contributed by atoms with Crippen molar-refractivity contribution in [3.63, 3.8) is 0 Å². The molecule has 1 aromatic carbocycles. The summed E-state index contributed by atoms with van der Waals surface area (Å²) >= 11 is 0. The number of hydrogen-bond acceptors (Lipinski definition) is 3. The number of aryl methyl sites for hydroxylation is 1. The van der Waals surface area contributed by atoms with Gasteiger partial charge in [0.05, 0.1) is 6.04 Å². The summed E-state index contributed by atoms with van der Waals surface area (Å²) in [6.07, 6.45) is 2.04. The van der Waals surface area contributed by atoms with E-state index < -0.39 is 0 Å². The van der Waals surface area contributed by atoms with E-state index in [1.54, 1.807) is 7.11 Å². The molecule has 1 N–H and O–H groups in total. The summed E-state index contributed by atoms with van der Waals surface area (Å²) in [6.45, 7) is 5.80. The molecule has 0 amide bonds. The SMILES string of the molecule is CCCNC(Cc1cccc(C)c1)c1ccc(COC)o1. The topological polar surface area (TPSA) is 34.4 Å². The molecule has 21 heavy (non-hydrogen) atoms. The van der Waals surface area contributed by atoms with Crippen LogP contribution in [0.1, 0.15) is 42.0 Å². The molecule has 0 radical (unpaired) electrons. The molecule has 2 aromatic rings. The fourth-order valence-electron chi connectivity index (χ4n) is 2.47. The van der Waals surface area contributed by atoms with Gasteiger partial charge in [0.2, 0.25) is 0 Å². The molecule has 114 valence electrons. The molecule has 3 heteroatoms. The molecule has 1 unspecified atom stereocenters. The lowest BCUT2D eigenvalue weighted by Gasteiger charge is -2.17. The number of benzene rings is 1. The van der Waals surface area contributed by atoms with Gasteiger partial charge in [0.15, 0.2) is 0 Å². The van der Waals surface area contributed by atoms with Crippen molar-refractivity contribution in [2.75, 3.05) is 13.7 Å². The third kappa shape index (κ3) is 4.73. The van der Waals surface area contributed by atoms with E-state index >= 15 is 0 Å². The van der Waals surface area contributed by atoms with Gasteiger partial charge in [-0.15, -0.1) is 0 Å². The number of hydrogen-bond donors (Lipinski definition) is 1. The van der Waals surface area contributed by atoms with Crippen LogP contribution in [0.5, 0.6) is 0 Å². The molecular formula is C18H25NO2. The zero-order valence-electron chi connectivity index (χ0n) is 13.2. The minimum absolute atomic E-state index is 0.206. The molecule has 1 heterocycles. The summed E-state index contributed by atoms with van der Waals surface area (Å²) in [7, 11) is 1.68. The Kier molecular flexibility index (Phi) is 6.03. The highest BCUT2D eigenvalue weighted by molar-refractivity contribution is 5.24. The van der Waals surface area contributed by atoms with E-state index in [9.17, 15) is 0 Å². The molecule has 1 aromatic heterocycles. The van der Waals surface area contributed by atoms with Crippen molar-refractivity contribution in [1.82, 2.24) is 5.32 Å². The van der Waals surface area contributed by atoms with Crippen LogP contribution < -0.4 is 5.32 Å². The summed E-state index contributed by atoms with van der Waals surface area (Å²) in [5.41, 5.74) is 2.62. The molecule has 0 saturated carbocycles. The zero-order chi connectivity index (χ0) is 15.1. The van der Waals surface area contributed by atoms with Crippen LogP contribution in [0.4, 0.5) is 0 Å². The molecule has 3 nitrogen and oxygen atoms in total. The first-order valence-corrected chi connectivity index (χ1v) is 7.59. The number of furan rings is 1. The maximum absolute atomic E-state index is 5.90. The average molecular weight is 287 g/mol. The lowest BCUT2D eigenvalue weighted by Crippen LogP contribution is -2.23. The van der Waals surface area contributed by atoms with Gasteiger partial charge in [0.1, 0.15) is 18.1 Å². The molecule has 0 spiro atoms. The first-order valence-electron chi connectivity index (χ1n) is 7.59. The van der Waals surface area contributed by atoms with Crippen molar-refractivity contribution in [3.05, 3.63) is 59.0 Å². The van der Waals surface area contributed by atoms with Gasteiger partial charge in [-0.2, -0.15) is 0 Å². The first kappa shape index (κ1) is 15.8. The third-order valence-electron chi connectivity index (χ3n) is 3.48. The van der Waals surface area contributed by atoms with E-state index in [4.69, 9.17) is 9.15 Å². The Morgan fingerprint density at radius 2 is 2.10 bits per heavy atom. The Bertz CT molecular complexity index is 548. The molecule has 2 rings (SSSR count). The third-order valence-corrected chi connectivity index (χ3v) is 3.48. The van der Waals surface area contributed by atoms with Gasteiger partial charge in [-0.05, 0) is 44.0 Å². The summed E-state index contributed by atoms with van der Waals surface area (Å²) in [5, 5.41) is 3.57. The monoisotopic (exact) mass is 287 g/mol. The molecule has 0 aliphatic heterocycles. The van der Waals surface area contributed by atoms with Crippen LogP contribution >= 0.6 is 0 Å². The lowest BCUT2D eigenvalue weighted by atomic mass is 10.0. The smallest absolute Gasteiger partial charge is 0.129 e. The molecule has 0 aliphatic rings. The number of nitrogens with one attached hydrogen (secondary N) is 1. The van der Waals surface area contributed by atoms with E-state index in [2.05, 4.69) is 49.5 Å². The largest absolute Gasteiger partial charge is 0.462 e. The van der Waals surface area contributed by atoms with Crippen LogP contribution in [0.15, 0.2) is 40.8 Å². The Morgan fingerprint density at radius 3 is 2.81 bits per heavy atom. The fraction of sp³-hybridized carbons (Fsp3) is 0.444. The average Bonchev–Trinajstić information content (AvgIpc) is 2.92. The number of methoxy groups -OCH3 is 1. The minimum Gasteiger partial charge on any atom is -0.462 e. The quantitative estimate of drug-likeness (QED) is 0.796.